The molecule has 0 aliphatic carbocycles. The van der Waals surface area contributed by atoms with Crippen LogP contribution in [0.4, 0.5) is 11.6 Å². The van der Waals surface area contributed by atoms with Gasteiger partial charge in [0, 0.05) is 17.5 Å². The van der Waals surface area contributed by atoms with E-state index < -0.39 is 15.9 Å². The maximum atomic E-state index is 13.3. The lowest BCUT2D eigenvalue weighted by atomic mass is 9.97. The first kappa shape index (κ1) is 22.0. The molecule has 4 rings (SSSR count). The Labute approximate surface area is 187 Å². The number of benzene rings is 1. The van der Waals surface area contributed by atoms with Gasteiger partial charge in [-0.25, -0.2) is 14.7 Å². The Morgan fingerprint density at radius 1 is 1.19 bits per heavy atom. The van der Waals surface area contributed by atoms with Gasteiger partial charge in [-0.3, -0.25) is 4.79 Å². The van der Waals surface area contributed by atoms with Crippen LogP contribution in [0.1, 0.15) is 43.1 Å². The lowest BCUT2D eigenvalue weighted by molar-refractivity contribution is 0.0981. The van der Waals surface area contributed by atoms with Crippen LogP contribution in [-0.2, 0) is 10.0 Å². The van der Waals surface area contributed by atoms with Crippen molar-refractivity contribution in [3.63, 3.8) is 0 Å². The molecule has 2 aromatic heterocycles. The Bertz CT molecular complexity index is 1320. The van der Waals surface area contributed by atoms with Crippen LogP contribution in [-0.4, -0.2) is 36.4 Å². The molecular weight excluding hydrogens is 426 g/mol. The summed E-state index contributed by atoms with van der Waals surface area (Å²) in [4.78, 5) is 24.0. The van der Waals surface area contributed by atoms with E-state index in [2.05, 4.69) is 35.4 Å². The van der Waals surface area contributed by atoms with Gasteiger partial charge in [-0.15, -0.1) is 0 Å². The fourth-order valence-electron chi connectivity index (χ4n) is 4.43. The van der Waals surface area contributed by atoms with E-state index in [1.165, 1.54) is 18.2 Å². The van der Waals surface area contributed by atoms with Gasteiger partial charge in [0.2, 0.25) is 0 Å². The number of fused-ring (bicyclic) bond motifs is 1. The molecule has 1 atom stereocenters. The molecule has 0 radical (unpaired) electrons. The van der Waals surface area contributed by atoms with Crippen LogP contribution >= 0.6 is 0 Å². The zero-order valence-corrected chi connectivity index (χ0v) is 19.4. The molecular formula is C23H27N5O3S. The summed E-state index contributed by atoms with van der Waals surface area (Å²) in [5.74, 6) is 0.188. The number of hydrogen-bond acceptors (Lipinski definition) is 7. The van der Waals surface area contributed by atoms with Crippen molar-refractivity contribution in [2.24, 2.45) is 5.92 Å². The molecule has 9 heteroatoms. The van der Waals surface area contributed by atoms with E-state index in [1.807, 2.05) is 25.1 Å². The van der Waals surface area contributed by atoms with E-state index in [4.69, 9.17) is 10.7 Å². The summed E-state index contributed by atoms with van der Waals surface area (Å²) >= 11 is 0. The molecule has 32 heavy (non-hydrogen) atoms. The first-order chi connectivity index (χ1) is 15.0. The number of nitrogens with two attached hydrogens (primary N) is 1. The van der Waals surface area contributed by atoms with E-state index in [0.717, 1.165) is 29.4 Å². The van der Waals surface area contributed by atoms with Crippen molar-refractivity contribution in [3.8, 4) is 0 Å². The standard InChI is InChI=1S/C23H27N5O3S/c1-14-8-9-18-16(10-14)11-17(21(25-18)28-13-15(2)12-23(28,3)4)22(29)27-32(30,31)20-7-5-6-19(24)26-20/h5-11,15H,12-13H2,1-4H3,(H2,24,26)(H,27,29)/t15-/m0/s1. The molecule has 8 nitrogen and oxygen atoms in total. The van der Waals surface area contributed by atoms with Crippen LogP contribution in [0, 0.1) is 12.8 Å². The third-order valence-electron chi connectivity index (χ3n) is 5.77. The van der Waals surface area contributed by atoms with Gasteiger partial charge in [0.05, 0.1) is 11.1 Å². The highest BCUT2D eigenvalue weighted by Crippen LogP contribution is 2.38. The van der Waals surface area contributed by atoms with Gasteiger partial charge in [-0.05, 0) is 63.4 Å². The third-order valence-corrected chi connectivity index (χ3v) is 7.00. The molecule has 1 saturated heterocycles. The molecule has 0 unspecified atom stereocenters. The average molecular weight is 454 g/mol. The van der Waals surface area contributed by atoms with Crippen LogP contribution in [0.5, 0.6) is 0 Å². The zero-order valence-electron chi connectivity index (χ0n) is 18.6. The second-order valence-electron chi connectivity index (χ2n) is 9.12. The molecule has 3 aromatic rings. The third kappa shape index (κ3) is 4.12. The molecule has 0 bridgehead atoms. The minimum Gasteiger partial charge on any atom is -0.384 e. The van der Waals surface area contributed by atoms with Crippen molar-refractivity contribution in [2.45, 2.75) is 44.7 Å². The summed E-state index contributed by atoms with van der Waals surface area (Å²) in [6.45, 7) is 9.04. The summed E-state index contributed by atoms with van der Waals surface area (Å²) in [6, 6.07) is 11.8. The van der Waals surface area contributed by atoms with Crippen LogP contribution in [0.2, 0.25) is 0 Å². The number of rotatable bonds is 4. The van der Waals surface area contributed by atoms with Crippen molar-refractivity contribution in [3.05, 3.63) is 53.6 Å². The summed E-state index contributed by atoms with van der Waals surface area (Å²) in [5, 5.41) is 0.454. The van der Waals surface area contributed by atoms with Crippen molar-refractivity contribution in [1.82, 2.24) is 14.7 Å². The number of carbonyl (C=O) groups excluding carboxylic acids is 1. The van der Waals surface area contributed by atoms with Gasteiger partial charge >= 0.3 is 0 Å². The van der Waals surface area contributed by atoms with Gasteiger partial charge in [-0.1, -0.05) is 24.6 Å². The largest absolute Gasteiger partial charge is 0.384 e. The number of nitrogens with zero attached hydrogens (tertiary/aromatic N) is 3. The molecule has 3 N–H and O–H groups in total. The molecule has 1 aliphatic rings. The van der Waals surface area contributed by atoms with E-state index in [-0.39, 0.29) is 21.9 Å². The molecule has 168 valence electrons. The topological polar surface area (TPSA) is 118 Å². The lowest BCUT2D eigenvalue weighted by Crippen LogP contribution is -2.41. The first-order valence-electron chi connectivity index (χ1n) is 10.4. The summed E-state index contributed by atoms with van der Waals surface area (Å²) < 4.78 is 27.8. The number of pyridine rings is 2. The predicted octanol–water partition coefficient (Wildman–Crippen LogP) is 3.26. The molecule has 1 aliphatic heterocycles. The second kappa shape index (κ2) is 7.74. The van der Waals surface area contributed by atoms with Gasteiger partial charge in [-0.2, -0.15) is 8.42 Å². The Morgan fingerprint density at radius 2 is 1.94 bits per heavy atom. The molecule has 1 amide bonds. The number of aryl methyl sites for hydroxylation is 1. The highest BCUT2D eigenvalue weighted by atomic mass is 32.2. The molecule has 3 heterocycles. The van der Waals surface area contributed by atoms with Gasteiger partial charge in [0.25, 0.3) is 15.9 Å². The van der Waals surface area contributed by atoms with E-state index in [0.29, 0.717) is 11.7 Å². The number of sulfonamides is 1. The fourth-order valence-corrected chi connectivity index (χ4v) is 5.37. The monoisotopic (exact) mass is 453 g/mol. The average Bonchev–Trinajstić information content (AvgIpc) is 2.98. The predicted molar refractivity (Wildman–Crippen MR) is 125 cm³/mol. The van der Waals surface area contributed by atoms with Gasteiger partial charge in [0.15, 0.2) is 5.03 Å². The Hall–Kier alpha value is -3.20. The highest BCUT2D eigenvalue weighted by molar-refractivity contribution is 7.90. The van der Waals surface area contributed by atoms with Crippen LogP contribution in [0.15, 0.2) is 47.5 Å². The number of nitrogen functional groups attached to an aromatic ring is 1. The number of anilines is 2. The van der Waals surface area contributed by atoms with Crippen LogP contribution in [0.25, 0.3) is 10.9 Å². The summed E-state index contributed by atoms with van der Waals surface area (Å²) in [5.41, 5.74) is 7.36. The zero-order chi connectivity index (χ0) is 23.3. The molecule has 1 aromatic carbocycles. The minimum atomic E-state index is -4.21. The van der Waals surface area contributed by atoms with Crippen molar-refractivity contribution in [1.29, 1.82) is 0 Å². The number of carbonyl (C=O) groups is 1. The Balaban J connectivity index is 1.82. The van der Waals surface area contributed by atoms with Crippen LogP contribution < -0.4 is 15.4 Å². The number of aromatic nitrogens is 2. The van der Waals surface area contributed by atoms with Gasteiger partial charge in [0.1, 0.15) is 11.6 Å². The van der Waals surface area contributed by atoms with Crippen LogP contribution in [0.3, 0.4) is 0 Å². The Kier molecular flexibility index (Phi) is 5.32. The maximum absolute atomic E-state index is 13.3. The van der Waals surface area contributed by atoms with E-state index in [9.17, 15) is 13.2 Å². The number of amides is 1. The number of hydrogen-bond donors (Lipinski definition) is 2. The van der Waals surface area contributed by atoms with Gasteiger partial charge < -0.3 is 10.6 Å². The summed E-state index contributed by atoms with van der Waals surface area (Å²) in [6.07, 6.45) is 0.938. The summed E-state index contributed by atoms with van der Waals surface area (Å²) in [7, 11) is -4.21. The SMILES string of the molecule is Cc1ccc2nc(N3C[C@@H](C)CC3(C)C)c(C(=O)NS(=O)(=O)c3cccc(N)n3)cc2c1. The normalized spacial score (nSPS) is 18.1. The van der Waals surface area contributed by atoms with Crippen molar-refractivity contribution in [2.75, 3.05) is 17.2 Å². The minimum absolute atomic E-state index is 0.0525. The highest BCUT2D eigenvalue weighted by Gasteiger charge is 2.39. The molecule has 0 spiro atoms. The lowest BCUT2D eigenvalue weighted by Gasteiger charge is -2.34. The molecule has 0 saturated carbocycles. The number of nitrogens with one attached hydrogen (secondary N) is 1. The maximum Gasteiger partial charge on any atom is 0.281 e. The van der Waals surface area contributed by atoms with E-state index in [1.54, 1.807) is 6.07 Å². The second-order valence-corrected chi connectivity index (χ2v) is 10.8. The quantitative estimate of drug-likeness (QED) is 0.622. The van der Waals surface area contributed by atoms with Crippen molar-refractivity contribution >= 4 is 38.5 Å². The molecule has 1 fully saturated rings. The van der Waals surface area contributed by atoms with Crippen molar-refractivity contribution < 1.29 is 13.2 Å². The smallest absolute Gasteiger partial charge is 0.281 e. The fraction of sp³-hybridized carbons (Fsp3) is 0.348. The Morgan fingerprint density at radius 3 is 2.59 bits per heavy atom. The van der Waals surface area contributed by atoms with E-state index >= 15 is 0 Å². The first-order valence-corrected chi connectivity index (χ1v) is 11.9.